The summed E-state index contributed by atoms with van der Waals surface area (Å²) in [6.07, 6.45) is 5.05. The van der Waals surface area contributed by atoms with Crippen molar-refractivity contribution in [3.8, 4) is 0 Å². The number of hydrogen-bond donors (Lipinski definition) is 2. The molecule has 0 saturated carbocycles. The fraction of sp³-hybridized carbons (Fsp3) is 0.476. The molecule has 1 aliphatic rings. The molecule has 0 aliphatic carbocycles. The average Bonchev–Trinajstić information content (AvgIpc) is 2.93. The summed E-state index contributed by atoms with van der Waals surface area (Å²) in [5, 5.41) is 1.22. The number of nitrogens with zero attached hydrogens (tertiary/aromatic N) is 1. The van der Waals surface area contributed by atoms with Gasteiger partial charge >= 0.3 is 0 Å². The Morgan fingerprint density at radius 3 is 2.84 bits per heavy atom. The van der Waals surface area contributed by atoms with Crippen LogP contribution in [0.15, 0.2) is 35.9 Å². The van der Waals surface area contributed by atoms with Gasteiger partial charge in [0.05, 0.1) is 5.92 Å². The summed E-state index contributed by atoms with van der Waals surface area (Å²) in [7, 11) is 2.17. The van der Waals surface area contributed by atoms with Gasteiger partial charge in [-0.1, -0.05) is 43.7 Å². The van der Waals surface area contributed by atoms with E-state index in [0.29, 0.717) is 5.92 Å². The Balaban J connectivity index is 2.10. The highest BCUT2D eigenvalue weighted by Crippen LogP contribution is 2.33. The maximum atomic E-state index is 12.3. The van der Waals surface area contributed by atoms with Gasteiger partial charge < -0.3 is 15.6 Å². The van der Waals surface area contributed by atoms with Crippen LogP contribution in [0.5, 0.6) is 0 Å². The van der Waals surface area contributed by atoms with Crippen LogP contribution in [0.1, 0.15) is 43.9 Å². The summed E-state index contributed by atoms with van der Waals surface area (Å²) in [5.41, 5.74) is 10.6. The fourth-order valence-electron chi connectivity index (χ4n) is 4.02. The molecule has 4 heteroatoms. The van der Waals surface area contributed by atoms with Crippen molar-refractivity contribution in [1.82, 2.24) is 9.88 Å². The van der Waals surface area contributed by atoms with Crippen LogP contribution in [0.2, 0.25) is 0 Å². The number of aromatic amines is 1. The van der Waals surface area contributed by atoms with Crippen LogP contribution in [0.4, 0.5) is 0 Å². The first kappa shape index (κ1) is 17.7. The van der Waals surface area contributed by atoms with Crippen molar-refractivity contribution in [3.05, 3.63) is 47.2 Å². The number of allylic oxidation sites excluding steroid dienone is 1. The van der Waals surface area contributed by atoms with Gasteiger partial charge in [-0.25, -0.2) is 0 Å². The van der Waals surface area contributed by atoms with E-state index < -0.39 is 0 Å². The number of nitrogens with two attached hydrogens (primary N) is 1. The predicted octanol–water partition coefficient (Wildman–Crippen LogP) is 3.59. The number of primary amides is 1. The summed E-state index contributed by atoms with van der Waals surface area (Å²) in [4.78, 5) is 18.2. The highest BCUT2D eigenvalue weighted by molar-refractivity contribution is 5.89. The van der Waals surface area contributed by atoms with Crippen molar-refractivity contribution in [3.63, 3.8) is 0 Å². The van der Waals surface area contributed by atoms with Crippen LogP contribution in [0, 0.1) is 5.92 Å². The Labute approximate surface area is 150 Å². The Hall–Kier alpha value is -2.07. The van der Waals surface area contributed by atoms with Gasteiger partial charge in [0.15, 0.2) is 0 Å². The highest BCUT2D eigenvalue weighted by Gasteiger charge is 2.26. The molecule has 2 aromatic rings. The van der Waals surface area contributed by atoms with E-state index in [0.717, 1.165) is 43.6 Å². The van der Waals surface area contributed by atoms with Crippen molar-refractivity contribution in [2.75, 3.05) is 20.1 Å². The van der Waals surface area contributed by atoms with Gasteiger partial charge in [-0.15, -0.1) is 0 Å². The molecular formula is C21H29N3O. The molecule has 1 aliphatic heterocycles. The molecule has 2 heterocycles. The Kier molecular flexibility index (Phi) is 5.28. The molecular weight excluding hydrogens is 310 g/mol. The van der Waals surface area contributed by atoms with Gasteiger partial charge in [0.1, 0.15) is 0 Å². The van der Waals surface area contributed by atoms with Crippen LogP contribution in [0.25, 0.3) is 10.9 Å². The van der Waals surface area contributed by atoms with E-state index in [-0.39, 0.29) is 11.8 Å². The van der Waals surface area contributed by atoms with Crippen molar-refractivity contribution in [2.45, 2.75) is 39.0 Å². The number of hydrogen-bond acceptors (Lipinski definition) is 2. The van der Waals surface area contributed by atoms with E-state index in [1.165, 1.54) is 16.5 Å². The quantitative estimate of drug-likeness (QED) is 0.821. The van der Waals surface area contributed by atoms with Crippen molar-refractivity contribution in [2.24, 2.45) is 11.7 Å². The maximum absolute atomic E-state index is 12.3. The fourth-order valence-corrected chi connectivity index (χ4v) is 4.02. The van der Waals surface area contributed by atoms with E-state index in [1.54, 1.807) is 0 Å². The maximum Gasteiger partial charge on any atom is 0.226 e. The number of benzene rings is 1. The first-order chi connectivity index (χ1) is 12.0. The smallest absolute Gasteiger partial charge is 0.226 e. The van der Waals surface area contributed by atoms with Crippen LogP contribution < -0.4 is 5.73 Å². The minimum atomic E-state index is -0.268. The topological polar surface area (TPSA) is 62.1 Å². The van der Waals surface area contributed by atoms with E-state index in [2.05, 4.69) is 55.1 Å². The number of nitrogens with one attached hydrogen (secondary N) is 1. The van der Waals surface area contributed by atoms with E-state index in [4.69, 9.17) is 5.73 Å². The third-order valence-electron chi connectivity index (χ3n) is 5.34. The molecule has 4 nitrogen and oxygen atoms in total. The SMILES string of the molecule is CC/C1=C/C(C)CC(C(N)=O)c2[nH]c3ccccc3c2CCN(C)C1. The number of H-pyrrole nitrogens is 1. The first-order valence-electron chi connectivity index (χ1n) is 9.26. The molecule has 1 aromatic heterocycles. The van der Waals surface area contributed by atoms with Crippen LogP contribution in [-0.4, -0.2) is 35.9 Å². The third-order valence-corrected chi connectivity index (χ3v) is 5.34. The van der Waals surface area contributed by atoms with Crippen molar-refractivity contribution in [1.29, 1.82) is 0 Å². The summed E-state index contributed by atoms with van der Waals surface area (Å²) in [6, 6.07) is 8.31. The molecule has 0 spiro atoms. The number of aromatic nitrogens is 1. The van der Waals surface area contributed by atoms with Crippen LogP contribution >= 0.6 is 0 Å². The lowest BCUT2D eigenvalue weighted by Crippen LogP contribution is -2.25. The highest BCUT2D eigenvalue weighted by atomic mass is 16.1. The van der Waals surface area contributed by atoms with Crippen LogP contribution in [-0.2, 0) is 11.2 Å². The van der Waals surface area contributed by atoms with Gasteiger partial charge in [-0.3, -0.25) is 4.79 Å². The largest absolute Gasteiger partial charge is 0.369 e. The molecule has 3 rings (SSSR count). The summed E-state index contributed by atoms with van der Waals surface area (Å²) < 4.78 is 0. The molecule has 1 amide bonds. The molecule has 134 valence electrons. The molecule has 2 unspecified atom stereocenters. The van der Waals surface area contributed by atoms with Gasteiger partial charge in [0.25, 0.3) is 0 Å². The molecule has 0 saturated heterocycles. The zero-order chi connectivity index (χ0) is 18.0. The minimum Gasteiger partial charge on any atom is -0.369 e. The second kappa shape index (κ2) is 7.44. The molecule has 0 radical (unpaired) electrons. The Morgan fingerprint density at radius 1 is 1.36 bits per heavy atom. The number of carbonyl (C=O) groups excluding carboxylic acids is 1. The zero-order valence-corrected chi connectivity index (χ0v) is 15.5. The molecule has 1 aromatic carbocycles. The van der Waals surface area contributed by atoms with E-state index in [1.807, 2.05) is 6.07 Å². The first-order valence-corrected chi connectivity index (χ1v) is 9.26. The lowest BCUT2D eigenvalue weighted by molar-refractivity contribution is -0.119. The van der Waals surface area contributed by atoms with E-state index in [9.17, 15) is 4.79 Å². The second-order valence-electron chi connectivity index (χ2n) is 7.40. The lowest BCUT2D eigenvalue weighted by atomic mass is 9.88. The van der Waals surface area contributed by atoms with Crippen molar-refractivity contribution >= 4 is 16.8 Å². The average molecular weight is 339 g/mol. The Bertz CT molecular complexity index is 790. The number of para-hydroxylation sites is 1. The standard InChI is InChI=1S/C21H29N3O/c1-4-15-11-14(2)12-18(21(22)25)20-17(9-10-24(3)13-15)16-7-5-6-8-19(16)23-20/h5-8,11,14,18,23H,4,9-10,12-13H2,1-3H3,(H2,22,25)/b15-11-. The van der Waals surface area contributed by atoms with Gasteiger partial charge in [-0.2, -0.15) is 0 Å². The number of rotatable bonds is 2. The number of likely N-dealkylation sites (N-methyl/N-ethyl adjacent to an activating group) is 1. The second-order valence-corrected chi connectivity index (χ2v) is 7.40. The molecule has 2 atom stereocenters. The predicted molar refractivity (Wildman–Crippen MR) is 104 cm³/mol. The number of amides is 1. The molecule has 0 bridgehead atoms. The summed E-state index contributed by atoms with van der Waals surface area (Å²) >= 11 is 0. The molecule has 25 heavy (non-hydrogen) atoms. The van der Waals surface area contributed by atoms with Gasteiger partial charge in [-0.05, 0) is 43.9 Å². The van der Waals surface area contributed by atoms with Crippen LogP contribution in [0.3, 0.4) is 0 Å². The normalized spacial score (nSPS) is 25.0. The molecule has 0 fully saturated rings. The van der Waals surface area contributed by atoms with Gasteiger partial charge in [0, 0.05) is 29.7 Å². The number of fused-ring (bicyclic) bond motifs is 3. The summed E-state index contributed by atoms with van der Waals surface area (Å²) in [6.45, 7) is 6.34. The minimum absolute atomic E-state index is 0.237. The zero-order valence-electron chi connectivity index (χ0n) is 15.5. The summed E-state index contributed by atoms with van der Waals surface area (Å²) in [5.74, 6) is -0.188. The Morgan fingerprint density at radius 2 is 2.12 bits per heavy atom. The van der Waals surface area contributed by atoms with Crippen molar-refractivity contribution < 1.29 is 4.79 Å². The lowest BCUT2D eigenvalue weighted by Gasteiger charge is -2.18. The molecule has 3 N–H and O–H groups in total. The van der Waals surface area contributed by atoms with E-state index >= 15 is 0 Å². The van der Waals surface area contributed by atoms with Gasteiger partial charge in [0.2, 0.25) is 5.91 Å². The third kappa shape index (κ3) is 3.79. The number of carbonyl (C=O) groups is 1. The monoisotopic (exact) mass is 339 g/mol.